The van der Waals surface area contributed by atoms with Gasteiger partial charge < -0.3 is 19.6 Å². The maximum Gasteiger partial charge on any atom is 0.407 e. The summed E-state index contributed by atoms with van der Waals surface area (Å²) in [4.78, 5) is 65.1. The number of rotatable bonds is 10. The van der Waals surface area contributed by atoms with Crippen LogP contribution in [0.4, 0.5) is 4.79 Å². The quantitative estimate of drug-likeness (QED) is 0.164. The van der Waals surface area contributed by atoms with E-state index in [0.717, 1.165) is 38.5 Å². The number of amides is 1. The van der Waals surface area contributed by atoms with Gasteiger partial charge in [0.1, 0.15) is 13.2 Å². The lowest BCUT2D eigenvalue weighted by molar-refractivity contribution is -0.763. The first-order valence-electron chi connectivity index (χ1n) is 15.3. The molecule has 4 aliphatic carbocycles. The second-order valence-electron chi connectivity index (χ2n) is 13.2. The molecule has 236 valence electrons. The Balaban J connectivity index is 1.11. The number of nitrogens with zero attached hydrogens (tertiary/aromatic N) is 1. The zero-order chi connectivity index (χ0) is 31.7. The lowest BCUT2D eigenvalue weighted by Crippen LogP contribution is -2.57. The van der Waals surface area contributed by atoms with Crippen LogP contribution in [-0.2, 0) is 30.5 Å². The fourth-order valence-corrected chi connectivity index (χ4v) is 8.89. The number of alkyl carbamates (subject to hydrolysis) is 1. The van der Waals surface area contributed by atoms with Crippen molar-refractivity contribution in [1.29, 1.82) is 0 Å². The first-order valence-corrected chi connectivity index (χ1v) is 15.3. The molecule has 1 aromatic carbocycles. The van der Waals surface area contributed by atoms with E-state index in [-0.39, 0.29) is 65.0 Å². The molecular formula is C33H40N2O9. The predicted molar refractivity (Wildman–Crippen MR) is 158 cm³/mol. The van der Waals surface area contributed by atoms with Crippen LogP contribution in [0.25, 0.3) is 0 Å². The molecule has 0 aromatic heterocycles. The Morgan fingerprint density at radius 2 is 1.82 bits per heavy atom. The van der Waals surface area contributed by atoms with Gasteiger partial charge in [0, 0.05) is 11.8 Å². The molecule has 4 aliphatic rings. The fraction of sp³-hybridized carbons (Fsp3) is 0.576. The number of ketones is 2. The van der Waals surface area contributed by atoms with Crippen LogP contribution < -0.4 is 5.32 Å². The Morgan fingerprint density at radius 1 is 1.05 bits per heavy atom. The van der Waals surface area contributed by atoms with Gasteiger partial charge in [-0.1, -0.05) is 50.6 Å². The van der Waals surface area contributed by atoms with E-state index in [2.05, 4.69) is 37.0 Å². The van der Waals surface area contributed by atoms with Gasteiger partial charge in [-0.25, -0.2) is 9.59 Å². The van der Waals surface area contributed by atoms with E-state index in [9.17, 15) is 29.3 Å². The largest absolute Gasteiger partial charge is 0.460 e. The highest BCUT2D eigenvalue weighted by Gasteiger charge is 2.67. The van der Waals surface area contributed by atoms with Crippen molar-refractivity contribution in [3.8, 4) is 0 Å². The van der Waals surface area contributed by atoms with Crippen LogP contribution in [0.1, 0.15) is 75.2 Å². The molecule has 11 heteroatoms. The second kappa shape index (κ2) is 12.2. The molecule has 1 amide bonds. The first-order chi connectivity index (χ1) is 20.9. The van der Waals surface area contributed by atoms with Crippen LogP contribution in [-0.4, -0.2) is 48.5 Å². The van der Waals surface area contributed by atoms with Crippen molar-refractivity contribution in [3.05, 3.63) is 69.3 Å². The second-order valence-corrected chi connectivity index (χ2v) is 13.2. The van der Waals surface area contributed by atoms with E-state index < -0.39 is 23.8 Å². The highest BCUT2D eigenvalue weighted by Crippen LogP contribution is 2.73. The van der Waals surface area contributed by atoms with Gasteiger partial charge in [-0.15, -0.1) is 10.1 Å². The van der Waals surface area contributed by atoms with Gasteiger partial charge in [-0.2, -0.15) is 0 Å². The normalized spacial score (nSPS) is 31.9. The number of ether oxygens (including phenoxy) is 2. The average molecular weight is 609 g/mol. The molecule has 1 N–H and O–H groups in total. The van der Waals surface area contributed by atoms with Crippen molar-refractivity contribution in [1.82, 2.24) is 5.32 Å². The zero-order valence-electron chi connectivity index (χ0n) is 25.5. The molecule has 0 heterocycles. The van der Waals surface area contributed by atoms with Crippen LogP contribution in [0.15, 0.2) is 48.1 Å². The van der Waals surface area contributed by atoms with Crippen molar-refractivity contribution in [3.63, 3.8) is 0 Å². The van der Waals surface area contributed by atoms with E-state index in [1.54, 1.807) is 18.2 Å². The number of nitrogens with one attached hydrogen (secondary N) is 1. The molecule has 6 atom stereocenters. The standard InChI is InChI=1S/C33H40N2O9/c1-31-14-15-32(2)26(12-13-33(32,3)28(31)11-8-21-18-23(36)9-10-25(21)31)27(37)20-43-30(39)34-16-17-42-29(38)24-7-5-4-6-22(24)19-44-35(40)41/h4-7,9-10,18,25-26,28H,8,11-17,19-20H2,1-3H3,(H,34,39)/t25?,26?,28?,31?,32-,33?/m1/s1. The number of carbonyl (C=O) groups is 4. The summed E-state index contributed by atoms with van der Waals surface area (Å²) in [5.74, 6) is -0.229. The van der Waals surface area contributed by atoms with Crippen molar-refractivity contribution in [2.75, 3.05) is 19.8 Å². The molecular weight excluding hydrogens is 568 g/mol. The lowest BCUT2D eigenvalue weighted by Gasteiger charge is -2.64. The van der Waals surface area contributed by atoms with E-state index in [4.69, 9.17) is 9.47 Å². The van der Waals surface area contributed by atoms with E-state index >= 15 is 0 Å². The summed E-state index contributed by atoms with van der Waals surface area (Å²) >= 11 is 0. The van der Waals surface area contributed by atoms with Gasteiger partial charge in [0.05, 0.1) is 12.1 Å². The van der Waals surface area contributed by atoms with Gasteiger partial charge in [-0.3, -0.25) is 9.59 Å². The molecule has 0 bridgehead atoms. The Bertz CT molecular complexity index is 1420. The lowest BCUT2D eigenvalue weighted by atomic mass is 9.40. The molecule has 5 unspecified atom stereocenters. The first kappa shape index (κ1) is 31.4. The molecule has 0 aliphatic heterocycles. The monoisotopic (exact) mass is 608 g/mol. The molecule has 0 saturated heterocycles. The summed E-state index contributed by atoms with van der Waals surface area (Å²) in [5.41, 5.74) is 1.46. The summed E-state index contributed by atoms with van der Waals surface area (Å²) in [7, 11) is 0. The molecule has 11 nitrogen and oxygen atoms in total. The van der Waals surface area contributed by atoms with E-state index in [0.29, 0.717) is 11.5 Å². The third-order valence-corrected chi connectivity index (χ3v) is 11.3. The van der Waals surface area contributed by atoms with Crippen LogP contribution in [0.3, 0.4) is 0 Å². The minimum atomic E-state index is -0.943. The highest BCUT2D eigenvalue weighted by atomic mass is 16.9. The minimum Gasteiger partial charge on any atom is -0.460 e. The average Bonchev–Trinajstić information content (AvgIpc) is 3.27. The summed E-state index contributed by atoms with van der Waals surface area (Å²) in [6.45, 7) is 6.03. The fourth-order valence-electron chi connectivity index (χ4n) is 8.89. The Labute approximate surface area is 256 Å². The Hall–Kier alpha value is -4.02. The maximum absolute atomic E-state index is 13.5. The number of allylic oxidation sites excluding steroid dienone is 4. The number of hydrogen-bond acceptors (Lipinski definition) is 9. The molecule has 44 heavy (non-hydrogen) atoms. The van der Waals surface area contributed by atoms with Crippen LogP contribution >= 0.6 is 0 Å². The van der Waals surface area contributed by atoms with Gasteiger partial charge in [0.25, 0.3) is 5.09 Å². The Morgan fingerprint density at radius 3 is 2.59 bits per heavy atom. The van der Waals surface area contributed by atoms with Gasteiger partial charge in [-0.05, 0) is 84.5 Å². The molecule has 5 rings (SSSR count). The van der Waals surface area contributed by atoms with Crippen LogP contribution in [0.2, 0.25) is 0 Å². The summed E-state index contributed by atoms with van der Waals surface area (Å²) < 4.78 is 10.5. The maximum atomic E-state index is 13.5. The van der Waals surface area contributed by atoms with Gasteiger partial charge in [0.15, 0.2) is 18.2 Å². The third-order valence-electron chi connectivity index (χ3n) is 11.3. The summed E-state index contributed by atoms with van der Waals surface area (Å²) in [5, 5.41) is 12.0. The Kier molecular flexibility index (Phi) is 8.68. The van der Waals surface area contributed by atoms with Crippen molar-refractivity contribution < 1.29 is 38.6 Å². The zero-order valence-corrected chi connectivity index (χ0v) is 25.5. The van der Waals surface area contributed by atoms with Gasteiger partial charge in [0.2, 0.25) is 0 Å². The molecule has 3 fully saturated rings. The molecule has 0 radical (unpaired) electrons. The summed E-state index contributed by atoms with van der Waals surface area (Å²) in [6, 6.07) is 6.20. The number of fused-ring (bicyclic) bond motifs is 5. The number of hydrogen-bond donors (Lipinski definition) is 1. The molecule has 0 spiro atoms. The van der Waals surface area contributed by atoms with Crippen molar-refractivity contribution in [2.45, 2.75) is 65.9 Å². The minimum absolute atomic E-state index is 0.0382. The third kappa shape index (κ3) is 5.64. The number of Topliss-reactive ketones (excluding diaryl/α,β-unsaturated/α-hetero) is 1. The number of benzene rings is 1. The molecule has 3 saturated carbocycles. The summed E-state index contributed by atoms with van der Waals surface area (Å²) in [6.07, 6.45) is 10.4. The molecule has 1 aromatic rings. The highest BCUT2D eigenvalue weighted by molar-refractivity contribution is 6.01. The SMILES string of the molecule is CC12CC[C@]3(C)C(C(=O)COC(=O)NCCOC(=O)c4ccccc4CO[N+](=O)[O-])CCC3(C)C1CCC1=CC(=O)C=CC12. The van der Waals surface area contributed by atoms with Gasteiger partial charge >= 0.3 is 12.1 Å². The predicted octanol–water partition coefficient (Wildman–Crippen LogP) is 5.16. The van der Waals surface area contributed by atoms with E-state index in [1.807, 2.05) is 6.08 Å². The topological polar surface area (TPSA) is 151 Å². The van der Waals surface area contributed by atoms with Crippen molar-refractivity contribution in [2.24, 2.45) is 34.0 Å². The van der Waals surface area contributed by atoms with Crippen LogP contribution in [0.5, 0.6) is 0 Å². The van der Waals surface area contributed by atoms with Crippen molar-refractivity contribution >= 4 is 23.6 Å². The van der Waals surface area contributed by atoms with E-state index in [1.165, 1.54) is 17.7 Å². The van der Waals surface area contributed by atoms with Crippen LogP contribution in [0, 0.1) is 44.1 Å². The number of carbonyl (C=O) groups excluding carboxylic acids is 4. The smallest absolute Gasteiger partial charge is 0.407 e. The number of esters is 1.